The lowest BCUT2D eigenvalue weighted by Gasteiger charge is -2.43. The number of hydrogen-bond donors (Lipinski definition) is 2. The van der Waals surface area contributed by atoms with Crippen LogP contribution in [0.3, 0.4) is 0 Å². The number of carbonyl (C=O) groups is 2. The van der Waals surface area contributed by atoms with E-state index in [1.807, 2.05) is 11.0 Å². The summed E-state index contributed by atoms with van der Waals surface area (Å²) in [6.07, 6.45) is -2.71. The zero-order chi connectivity index (χ0) is 19.3. The van der Waals surface area contributed by atoms with Crippen LogP contribution in [0.5, 0.6) is 0 Å². The van der Waals surface area contributed by atoms with Gasteiger partial charge in [0, 0.05) is 26.1 Å². The Kier molecular flexibility index (Phi) is 6.47. The maximum atomic E-state index is 11.7. The second-order valence-electron chi connectivity index (χ2n) is 6.14. The summed E-state index contributed by atoms with van der Waals surface area (Å²) in [5.74, 6) is -2.62. The van der Waals surface area contributed by atoms with Crippen LogP contribution in [0.15, 0.2) is 24.3 Å². The lowest BCUT2D eigenvalue weighted by molar-refractivity contribution is -0.192. The predicted octanol–water partition coefficient (Wildman–Crippen LogP) is 2.24. The van der Waals surface area contributed by atoms with E-state index >= 15 is 0 Å². The number of nitrogens with one attached hydrogen (secondary N) is 1. The number of carboxylic acids is 1. The molecule has 9 heteroatoms. The smallest absolute Gasteiger partial charge is 0.475 e. The molecule has 0 aliphatic carbocycles. The first-order valence-electron chi connectivity index (χ1n) is 8.36. The number of para-hydroxylation sites is 2. The summed E-state index contributed by atoms with van der Waals surface area (Å²) in [5, 5.41) is 10.5. The highest BCUT2D eigenvalue weighted by atomic mass is 19.4. The highest BCUT2D eigenvalue weighted by molar-refractivity contribution is 5.96. The second kappa shape index (κ2) is 8.39. The first-order chi connectivity index (χ1) is 12.2. The normalized spacial score (nSPS) is 17.8. The SMILES string of the molecule is CC(=O)N1CCN(C2CCNCC2)c2ccccc21.O=C(O)C(F)(F)F. The van der Waals surface area contributed by atoms with Crippen molar-refractivity contribution in [2.75, 3.05) is 36.0 Å². The summed E-state index contributed by atoms with van der Waals surface area (Å²) in [5.41, 5.74) is 2.29. The maximum absolute atomic E-state index is 11.7. The first kappa shape index (κ1) is 20.0. The molecule has 0 bridgehead atoms. The van der Waals surface area contributed by atoms with Gasteiger partial charge in [0.25, 0.3) is 0 Å². The van der Waals surface area contributed by atoms with Gasteiger partial charge in [-0.2, -0.15) is 13.2 Å². The number of halogens is 3. The van der Waals surface area contributed by atoms with Crippen LogP contribution in [0.25, 0.3) is 0 Å². The van der Waals surface area contributed by atoms with Gasteiger partial charge in [-0.3, -0.25) is 4.79 Å². The summed E-state index contributed by atoms with van der Waals surface area (Å²) in [4.78, 5) is 25.0. The van der Waals surface area contributed by atoms with E-state index in [1.54, 1.807) is 6.92 Å². The number of amides is 1. The largest absolute Gasteiger partial charge is 0.490 e. The molecule has 6 nitrogen and oxygen atoms in total. The van der Waals surface area contributed by atoms with Crippen molar-refractivity contribution < 1.29 is 27.9 Å². The lowest BCUT2D eigenvalue weighted by atomic mass is 10.0. The Labute approximate surface area is 149 Å². The summed E-state index contributed by atoms with van der Waals surface area (Å²) in [6, 6.07) is 8.89. The molecule has 144 valence electrons. The highest BCUT2D eigenvalue weighted by Crippen LogP contribution is 2.35. The van der Waals surface area contributed by atoms with Gasteiger partial charge in [0.05, 0.1) is 11.4 Å². The molecule has 0 unspecified atom stereocenters. The number of alkyl halides is 3. The Morgan fingerprint density at radius 1 is 1.12 bits per heavy atom. The molecule has 2 N–H and O–H groups in total. The van der Waals surface area contributed by atoms with Crippen molar-refractivity contribution in [1.82, 2.24) is 5.32 Å². The van der Waals surface area contributed by atoms with Crippen LogP contribution in [0.4, 0.5) is 24.5 Å². The van der Waals surface area contributed by atoms with Crippen molar-refractivity contribution in [1.29, 1.82) is 0 Å². The van der Waals surface area contributed by atoms with E-state index in [-0.39, 0.29) is 5.91 Å². The summed E-state index contributed by atoms with van der Waals surface area (Å²) >= 11 is 0. The quantitative estimate of drug-likeness (QED) is 0.790. The second-order valence-corrected chi connectivity index (χ2v) is 6.14. The van der Waals surface area contributed by atoms with Crippen LogP contribution >= 0.6 is 0 Å². The number of nitrogens with zero attached hydrogens (tertiary/aromatic N) is 2. The highest BCUT2D eigenvalue weighted by Gasteiger charge is 2.38. The maximum Gasteiger partial charge on any atom is 0.490 e. The van der Waals surface area contributed by atoms with Gasteiger partial charge >= 0.3 is 12.1 Å². The monoisotopic (exact) mass is 373 g/mol. The average molecular weight is 373 g/mol. The van der Waals surface area contributed by atoms with Crippen molar-refractivity contribution in [3.8, 4) is 0 Å². The van der Waals surface area contributed by atoms with E-state index in [2.05, 4.69) is 28.4 Å². The topological polar surface area (TPSA) is 72.9 Å². The minimum absolute atomic E-state index is 0.136. The van der Waals surface area contributed by atoms with Gasteiger partial charge in [-0.15, -0.1) is 0 Å². The fourth-order valence-corrected chi connectivity index (χ4v) is 3.21. The molecule has 3 rings (SSSR count). The average Bonchev–Trinajstić information content (AvgIpc) is 2.61. The van der Waals surface area contributed by atoms with E-state index < -0.39 is 12.1 Å². The van der Waals surface area contributed by atoms with Gasteiger partial charge in [-0.1, -0.05) is 12.1 Å². The fourth-order valence-electron chi connectivity index (χ4n) is 3.21. The van der Waals surface area contributed by atoms with E-state index in [0.717, 1.165) is 31.9 Å². The van der Waals surface area contributed by atoms with E-state index in [0.29, 0.717) is 6.04 Å². The summed E-state index contributed by atoms with van der Waals surface area (Å²) in [6.45, 7) is 5.59. The molecule has 0 aromatic heterocycles. The summed E-state index contributed by atoms with van der Waals surface area (Å²) in [7, 11) is 0. The minimum atomic E-state index is -5.08. The van der Waals surface area contributed by atoms with Gasteiger partial charge in [0.2, 0.25) is 5.91 Å². The van der Waals surface area contributed by atoms with Gasteiger partial charge in [0.15, 0.2) is 0 Å². The molecule has 2 aliphatic heterocycles. The number of aliphatic carboxylic acids is 1. The van der Waals surface area contributed by atoms with Crippen molar-refractivity contribution in [3.63, 3.8) is 0 Å². The number of carbonyl (C=O) groups excluding carboxylic acids is 1. The minimum Gasteiger partial charge on any atom is -0.475 e. The van der Waals surface area contributed by atoms with Crippen LogP contribution in [0.2, 0.25) is 0 Å². The fraction of sp³-hybridized carbons (Fsp3) is 0.529. The number of fused-ring (bicyclic) bond motifs is 1. The molecule has 1 aromatic rings. The molecule has 0 atom stereocenters. The molecule has 2 aliphatic rings. The van der Waals surface area contributed by atoms with Crippen LogP contribution < -0.4 is 15.1 Å². The Morgan fingerprint density at radius 2 is 1.65 bits per heavy atom. The predicted molar refractivity (Wildman–Crippen MR) is 91.4 cm³/mol. The molecule has 2 heterocycles. The third-order valence-electron chi connectivity index (χ3n) is 4.42. The van der Waals surface area contributed by atoms with Crippen molar-refractivity contribution >= 4 is 23.3 Å². The molecule has 0 saturated carbocycles. The summed E-state index contributed by atoms with van der Waals surface area (Å²) < 4.78 is 31.7. The molecular weight excluding hydrogens is 351 g/mol. The number of benzene rings is 1. The number of rotatable bonds is 1. The molecule has 0 spiro atoms. The molecule has 26 heavy (non-hydrogen) atoms. The Balaban J connectivity index is 0.000000298. The van der Waals surface area contributed by atoms with Gasteiger partial charge in [-0.25, -0.2) is 4.79 Å². The Morgan fingerprint density at radius 3 is 2.15 bits per heavy atom. The standard InChI is InChI=1S/C15H21N3O.C2HF3O2/c1-12(19)17-10-11-18(13-6-8-16-9-7-13)15-5-3-2-4-14(15)17;3-2(4,5)1(6)7/h2-5,13,16H,6-11H2,1H3;(H,6,7). The van der Waals surface area contributed by atoms with Crippen LogP contribution in [0.1, 0.15) is 19.8 Å². The van der Waals surface area contributed by atoms with E-state index in [1.165, 1.54) is 18.5 Å². The molecule has 1 amide bonds. The van der Waals surface area contributed by atoms with Crippen molar-refractivity contribution in [2.24, 2.45) is 0 Å². The Hall–Kier alpha value is -2.29. The van der Waals surface area contributed by atoms with Crippen molar-refractivity contribution in [3.05, 3.63) is 24.3 Å². The Bertz CT molecular complexity index is 646. The zero-order valence-electron chi connectivity index (χ0n) is 14.4. The van der Waals surface area contributed by atoms with Crippen LogP contribution in [-0.2, 0) is 9.59 Å². The molecule has 0 radical (unpaired) electrons. The third-order valence-corrected chi connectivity index (χ3v) is 4.42. The zero-order valence-corrected chi connectivity index (χ0v) is 14.4. The van der Waals surface area contributed by atoms with E-state index in [9.17, 15) is 18.0 Å². The van der Waals surface area contributed by atoms with E-state index in [4.69, 9.17) is 9.90 Å². The molecular formula is C17H22F3N3O3. The third kappa shape index (κ3) is 4.87. The van der Waals surface area contributed by atoms with Gasteiger partial charge in [0.1, 0.15) is 0 Å². The lowest BCUT2D eigenvalue weighted by Crippen LogP contribution is -2.50. The van der Waals surface area contributed by atoms with Crippen molar-refractivity contribution in [2.45, 2.75) is 32.0 Å². The molecule has 1 saturated heterocycles. The number of carboxylic acid groups (broad SMARTS) is 1. The van der Waals surface area contributed by atoms with Crippen LogP contribution in [0, 0.1) is 0 Å². The molecule has 1 aromatic carbocycles. The molecule has 1 fully saturated rings. The first-order valence-corrected chi connectivity index (χ1v) is 8.36. The number of anilines is 2. The van der Waals surface area contributed by atoms with Crippen LogP contribution in [-0.4, -0.2) is 55.4 Å². The van der Waals surface area contributed by atoms with Gasteiger partial charge in [-0.05, 0) is 38.1 Å². The number of piperidine rings is 1. The van der Waals surface area contributed by atoms with Gasteiger partial charge < -0.3 is 20.2 Å². The number of hydrogen-bond acceptors (Lipinski definition) is 4.